The monoisotopic (exact) mass is 326 g/mol. The molecule has 2 rings (SSSR count). The number of nitrogens with one attached hydrogen (secondary N) is 1. The van der Waals surface area contributed by atoms with Crippen LogP contribution in [0, 0.1) is 5.82 Å². The molecule has 122 valence electrons. The van der Waals surface area contributed by atoms with Gasteiger partial charge < -0.3 is 10.2 Å². The van der Waals surface area contributed by atoms with Crippen LogP contribution in [-0.4, -0.2) is 37.0 Å². The van der Waals surface area contributed by atoms with Crippen molar-refractivity contribution in [2.24, 2.45) is 0 Å². The maximum absolute atomic E-state index is 13.1. The van der Waals surface area contributed by atoms with Crippen LogP contribution in [0.4, 0.5) is 4.39 Å². The number of halogens is 2. The van der Waals surface area contributed by atoms with E-state index in [1.54, 1.807) is 0 Å². The minimum absolute atomic E-state index is 0.00132. The van der Waals surface area contributed by atoms with Gasteiger partial charge in [0.2, 0.25) is 0 Å². The molecule has 1 N–H and O–H groups in total. The van der Waals surface area contributed by atoms with Gasteiger partial charge in [0.05, 0.1) is 10.6 Å². The Kier molecular flexibility index (Phi) is 5.81. The molecule has 0 unspecified atom stereocenters. The number of hydrogen-bond donors (Lipinski definition) is 1. The number of carbonyl (C=O) groups is 1. The number of rotatable bonds is 4. The van der Waals surface area contributed by atoms with E-state index in [9.17, 15) is 9.18 Å². The minimum atomic E-state index is -0.435. The summed E-state index contributed by atoms with van der Waals surface area (Å²) in [5.41, 5.74) is 0.323. The lowest BCUT2D eigenvalue weighted by Gasteiger charge is -2.39. The zero-order valence-electron chi connectivity index (χ0n) is 13.3. The number of carbonyl (C=O) groups excluding carboxylic acids is 1. The maximum Gasteiger partial charge on any atom is 0.252 e. The van der Waals surface area contributed by atoms with E-state index in [-0.39, 0.29) is 16.5 Å². The van der Waals surface area contributed by atoms with Crippen molar-refractivity contribution in [1.82, 2.24) is 10.2 Å². The summed E-state index contributed by atoms with van der Waals surface area (Å²) in [5, 5.41) is 3.14. The van der Waals surface area contributed by atoms with Crippen molar-refractivity contribution in [2.45, 2.75) is 44.1 Å². The number of benzene rings is 1. The van der Waals surface area contributed by atoms with E-state index in [0.29, 0.717) is 12.1 Å². The maximum atomic E-state index is 13.1. The van der Waals surface area contributed by atoms with Crippen molar-refractivity contribution in [3.8, 4) is 0 Å². The van der Waals surface area contributed by atoms with Crippen LogP contribution in [0.3, 0.4) is 0 Å². The predicted molar refractivity (Wildman–Crippen MR) is 87.9 cm³/mol. The van der Waals surface area contributed by atoms with Gasteiger partial charge in [0, 0.05) is 12.1 Å². The highest BCUT2D eigenvalue weighted by atomic mass is 35.5. The molecular weight excluding hydrogens is 303 g/mol. The largest absolute Gasteiger partial charge is 0.350 e. The molecule has 0 radical (unpaired) electrons. The summed E-state index contributed by atoms with van der Waals surface area (Å²) >= 11 is 5.96. The Morgan fingerprint density at radius 3 is 2.45 bits per heavy atom. The highest BCUT2D eigenvalue weighted by Crippen LogP contribution is 2.30. The standard InChI is InChI=1S/C17H24ClFN2O/c1-21(2)17(9-5-3-4-6-10-17)12-20-16(22)14-8-7-13(19)11-15(14)18/h7-8,11H,3-6,9-10,12H2,1-2H3,(H,20,22). The molecule has 1 aromatic rings. The Balaban J connectivity index is 2.07. The third kappa shape index (κ3) is 3.99. The van der Waals surface area contributed by atoms with Crippen molar-refractivity contribution < 1.29 is 9.18 Å². The van der Waals surface area contributed by atoms with Crippen molar-refractivity contribution in [3.63, 3.8) is 0 Å². The third-order valence-corrected chi connectivity index (χ3v) is 5.05. The van der Waals surface area contributed by atoms with Crippen LogP contribution in [0.2, 0.25) is 5.02 Å². The second-order valence-corrected chi connectivity index (χ2v) is 6.75. The highest BCUT2D eigenvalue weighted by molar-refractivity contribution is 6.33. The number of nitrogens with zero attached hydrogens (tertiary/aromatic N) is 1. The normalized spacial score (nSPS) is 18.0. The topological polar surface area (TPSA) is 32.3 Å². The van der Waals surface area contributed by atoms with Crippen molar-refractivity contribution in [3.05, 3.63) is 34.6 Å². The summed E-state index contributed by atoms with van der Waals surface area (Å²) in [5.74, 6) is -0.675. The van der Waals surface area contributed by atoms with Gasteiger partial charge in [-0.05, 0) is 45.1 Å². The molecule has 0 saturated heterocycles. The van der Waals surface area contributed by atoms with E-state index < -0.39 is 5.82 Å². The minimum Gasteiger partial charge on any atom is -0.350 e. The number of hydrogen-bond acceptors (Lipinski definition) is 2. The summed E-state index contributed by atoms with van der Waals surface area (Å²) in [6, 6.07) is 3.86. The smallest absolute Gasteiger partial charge is 0.252 e. The van der Waals surface area contributed by atoms with Crippen LogP contribution in [0.25, 0.3) is 0 Å². The quantitative estimate of drug-likeness (QED) is 0.852. The van der Waals surface area contributed by atoms with Crippen LogP contribution >= 0.6 is 11.6 Å². The van der Waals surface area contributed by atoms with E-state index in [2.05, 4.69) is 24.3 Å². The van der Waals surface area contributed by atoms with Gasteiger partial charge >= 0.3 is 0 Å². The summed E-state index contributed by atoms with van der Waals surface area (Å²) < 4.78 is 13.1. The molecule has 22 heavy (non-hydrogen) atoms. The van der Waals surface area contributed by atoms with Crippen LogP contribution in [0.15, 0.2) is 18.2 Å². The first-order valence-electron chi connectivity index (χ1n) is 7.85. The molecule has 1 fully saturated rings. The van der Waals surface area contributed by atoms with Crippen LogP contribution in [0.5, 0.6) is 0 Å². The number of likely N-dealkylation sites (N-methyl/N-ethyl adjacent to an activating group) is 1. The molecule has 0 aliphatic heterocycles. The molecule has 5 heteroatoms. The summed E-state index contributed by atoms with van der Waals surface area (Å²) in [6.45, 7) is 0.590. The Morgan fingerprint density at radius 2 is 1.91 bits per heavy atom. The van der Waals surface area contributed by atoms with Gasteiger partial charge in [-0.1, -0.05) is 37.3 Å². The second-order valence-electron chi connectivity index (χ2n) is 6.34. The Morgan fingerprint density at radius 1 is 1.27 bits per heavy atom. The van der Waals surface area contributed by atoms with Gasteiger partial charge in [0.25, 0.3) is 5.91 Å². The van der Waals surface area contributed by atoms with Gasteiger partial charge in [-0.2, -0.15) is 0 Å². The van der Waals surface area contributed by atoms with Crippen molar-refractivity contribution in [2.75, 3.05) is 20.6 Å². The van der Waals surface area contributed by atoms with E-state index >= 15 is 0 Å². The first kappa shape index (κ1) is 17.2. The molecular formula is C17H24ClFN2O. The molecule has 1 aliphatic carbocycles. The highest BCUT2D eigenvalue weighted by Gasteiger charge is 2.33. The molecule has 0 aromatic heterocycles. The fraction of sp³-hybridized carbons (Fsp3) is 0.588. The lowest BCUT2D eigenvalue weighted by atomic mass is 9.88. The molecule has 0 atom stereocenters. The fourth-order valence-electron chi connectivity index (χ4n) is 3.18. The summed E-state index contributed by atoms with van der Waals surface area (Å²) in [6.07, 6.45) is 7.05. The van der Waals surface area contributed by atoms with E-state index in [1.807, 2.05) is 0 Å². The first-order chi connectivity index (χ1) is 10.4. The van der Waals surface area contributed by atoms with Crippen LogP contribution in [0.1, 0.15) is 48.9 Å². The fourth-order valence-corrected chi connectivity index (χ4v) is 3.44. The van der Waals surface area contributed by atoms with Gasteiger partial charge in [-0.25, -0.2) is 4.39 Å². The SMILES string of the molecule is CN(C)C1(CNC(=O)c2ccc(F)cc2Cl)CCCCCC1. The van der Waals surface area contributed by atoms with Crippen molar-refractivity contribution in [1.29, 1.82) is 0 Å². The third-order valence-electron chi connectivity index (χ3n) is 4.74. The zero-order chi connectivity index (χ0) is 16.2. The molecule has 0 heterocycles. The summed E-state index contributed by atoms with van der Waals surface area (Å²) in [4.78, 5) is 14.6. The Hall–Kier alpha value is -1.13. The molecule has 0 bridgehead atoms. The molecule has 3 nitrogen and oxygen atoms in total. The van der Waals surface area contributed by atoms with Gasteiger partial charge in [0.15, 0.2) is 0 Å². The van der Waals surface area contributed by atoms with Gasteiger partial charge in [0.1, 0.15) is 5.82 Å². The molecule has 0 spiro atoms. The van der Waals surface area contributed by atoms with E-state index in [4.69, 9.17) is 11.6 Å². The predicted octanol–water partition coefficient (Wildman–Crippen LogP) is 3.86. The average molecular weight is 327 g/mol. The van der Waals surface area contributed by atoms with Crippen LogP contribution in [-0.2, 0) is 0 Å². The average Bonchev–Trinajstić information content (AvgIpc) is 2.71. The zero-order valence-corrected chi connectivity index (χ0v) is 14.0. The van der Waals surface area contributed by atoms with Gasteiger partial charge in [-0.3, -0.25) is 4.79 Å². The lowest BCUT2D eigenvalue weighted by molar-refractivity contribution is 0.0869. The van der Waals surface area contributed by atoms with Crippen molar-refractivity contribution >= 4 is 17.5 Å². The van der Waals surface area contributed by atoms with E-state index in [1.165, 1.54) is 43.9 Å². The first-order valence-corrected chi connectivity index (χ1v) is 8.23. The van der Waals surface area contributed by atoms with Crippen LogP contribution < -0.4 is 5.32 Å². The van der Waals surface area contributed by atoms with Gasteiger partial charge in [-0.15, -0.1) is 0 Å². The van der Waals surface area contributed by atoms with E-state index in [0.717, 1.165) is 12.8 Å². The Bertz CT molecular complexity index is 525. The molecule has 1 saturated carbocycles. The molecule has 1 aromatic carbocycles. The summed E-state index contributed by atoms with van der Waals surface area (Å²) in [7, 11) is 4.14. The number of amides is 1. The Labute approximate surface area is 136 Å². The molecule has 1 amide bonds. The lowest BCUT2D eigenvalue weighted by Crippen LogP contribution is -2.52. The second kappa shape index (κ2) is 7.42. The molecule has 1 aliphatic rings.